The Hall–Kier alpha value is -6.06. The van der Waals surface area contributed by atoms with Crippen LogP contribution in [0.2, 0.25) is 0 Å². The summed E-state index contributed by atoms with van der Waals surface area (Å²) in [6, 6.07) is 57.6. The quantitative estimate of drug-likeness (QED) is 0.0991. The predicted octanol–water partition coefficient (Wildman–Crippen LogP) is 12.2. The Kier molecular flexibility index (Phi) is 8.19. The first-order valence-corrected chi connectivity index (χ1v) is 17.9. The van der Waals surface area contributed by atoms with Gasteiger partial charge in [0, 0.05) is 39.5 Å². The third kappa shape index (κ3) is 5.50. The third-order valence-electron chi connectivity index (χ3n) is 10.2. The topological polar surface area (TPSA) is 44.4 Å². The summed E-state index contributed by atoms with van der Waals surface area (Å²) in [6.45, 7) is 6.72. The minimum Gasteiger partial charge on any atom is -0.503 e. The molecule has 0 aliphatic rings. The second-order valence-electron chi connectivity index (χ2n) is 14.5. The van der Waals surface area contributed by atoms with Crippen LogP contribution in [0.25, 0.3) is 77.5 Å². The largest absolute Gasteiger partial charge is 2.00 e. The summed E-state index contributed by atoms with van der Waals surface area (Å²) in [4.78, 5) is 10.2. The van der Waals surface area contributed by atoms with E-state index < -0.39 is 0 Å². The van der Waals surface area contributed by atoms with Gasteiger partial charge in [0.15, 0.2) is 0 Å². The predicted molar refractivity (Wildman–Crippen MR) is 216 cm³/mol. The fourth-order valence-corrected chi connectivity index (χ4v) is 7.61. The Morgan fingerprint density at radius 2 is 1.26 bits per heavy atom. The molecule has 54 heavy (non-hydrogen) atoms. The number of fused-ring (bicyclic) bond motifs is 9. The van der Waals surface area contributed by atoms with E-state index in [1.54, 1.807) is 0 Å². The molecule has 0 bridgehead atoms. The van der Waals surface area contributed by atoms with Crippen LogP contribution in [0, 0.1) is 12.1 Å². The van der Waals surface area contributed by atoms with Crippen molar-refractivity contribution < 1.29 is 25.2 Å². The van der Waals surface area contributed by atoms with Gasteiger partial charge in [-0.1, -0.05) is 134 Å². The first-order valence-electron chi connectivity index (χ1n) is 17.9. The second-order valence-corrected chi connectivity index (χ2v) is 14.5. The smallest absolute Gasteiger partial charge is 0.503 e. The number of hydrogen-bond donors (Lipinski definition) is 0. The van der Waals surface area contributed by atoms with Gasteiger partial charge in [0.05, 0.1) is 22.6 Å². The Balaban J connectivity index is 0.00000384. The van der Waals surface area contributed by atoms with E-state index >= 15 is 0 Å². The van der Waals surface area contributed by atoms with E-state index in [1.165, 1.54) is 5.56 Å². The van der Waals surface area contributed by atoms with Crippen molar-refractivity contribution in [2.24, 2.45) is 0 Å². The maximum Gasteiger partial charge on any atom is 2.00 e. The molecule has 0 aliphatic heterocycles. The number of hydrogen-bond acceptors (Lipinski definition) is 3. The zero-order valence-corrected chi connectivity index (χ0v) is 31.5. The van der Waals surface area contributed by atoms with Crippen LogP contribution in [-0.4, -0.2) is 18.9 Å². The molecule has 0 atom stereocenters. The molecule has 6 heteroatoms. The molecular formula is C48H34N4OPd. The van der Waals surface area contributed by atoms with Crippen molar-refractivity contribution in [1.82, 2.24) is 18.9 Å². The molecule has 0 spiro atoms. The first-order chi connectivity index (χ1) is 25.9. The molecule has 4 heterocycles. The van der Waals surface area contributed by atoms with Gasteiger partial charge in [-0.2, -0.15) is 6.07 Å². The third-order valence-corrected chi connectivity index (χ3v) is 10.2. The molecule has 6 aromatic carbocycles. The van der Waals surface area contributed by atoms with E-state index in [-0.39, 0.29) is 25.8 Å². The van der Waals surface area contributed by atoms with Crippen LogP contribution in [0.4, 0.5) is 0 Å². The summed E-state index contributed by atoms with van der Waals surface area (Å²) in [5, 5.41) is 5.33. The molecule has 0 amide bonds. The van der Waals surface area contributed by atoms with E-state index in [2.05, 4.69) is 151 Å². The van der Waals surface area contributed by atoms with Gasteiger partial charge in [0.2, 0.25) is 0 Å². The number of nitrogens with zero attached hydrogens (tertiary/aromatic N) is 4. The first kappa shape index (κ1) is 33.8. The van der Waals surface area contributed by atoms with Gasteiger partial charge in [0.1, 0.15) is 5.65 Å². The van der Waals surface area contributed by atoms with Crippen LogP contribution in [0.1, 0.15) is 26.3 Å². The van der Waals surface area contributed by atoms with Gasteiger partial charge in [0.25, 0.3) is 0 Å². The molecule has 5 nitrogen and oxygen atoms in total. The van der Waals surface area contributed by atoms with Crippen molar-refractivity contribution >= 4 is 49.3 Å². The van der Waals surface area contributed by atoms with Crippen LogP contribution >= 0.6 is 0 Å². The molecule has 0 N–H and O–H groups in total. The summed E-state index contributed by atoms with van der Waals surface area (Å²) in [5.41, 5.74) is 10.1. The number of imidazole rings is 1. The number of benzene rings is 6. The molecule has 4 aromatic heterocycles. The average molecular weight is 789 g/mol. The van der Waals surface area contributed by atoms with Crippen LogP contribution in [0.3, 0.4) is 0 Å². The van der Waals surface area contributed by atoms with E-state index in [1.807, 2.05) is 42.6 Å². The Morgan fingerprint density at radius 1 is 0.574 bits per heavy atom. The van der Waals surface area contributed by atoms with Crippen molar-refractivity contribution in [1.29, 1.82) is 0 Å². The SMILES string of the molecule is CC(C)(C)c1ccc2c3cccnc3n(-c3[c-]c(Oc4[c-]c5c(cc4)c4ccccc4n4c(-c6ccccc6)c(-c6ccccc6)nc54)ccc3)c2c1.[Pd+2]. The summed E-state index contributed by atoms with van der Waals surface area (Å²) in [5.74, 6) is 1.18. The van der Waals surface area contributed by atoms with Gasteiger partial charge in [-0.3, -0.25) is 4.98 Å². The average Bonchev–Trinajstić information content (AvgIpc) is 3.76. The summed E-state index contributed by atoms with van der Waals surface area (Å²) < 4.78 is 11.1. The van der Waals surface area contributed by atoms with Crippen LogP contribution < -0.4 is 4.74 Å². The normalized spacial score (nSPS) is 11.8. The molecule has 0 radical (unpaired) electrons. The van der Waals surface area contributed by atoms with Gasteiger partial charge in [-0.05, 0) is 46.2 Å². The summed E-state index contributed by atoms with van der Waals surface area (Å²) in [6.07, 6.45) is 1.85. The molecule has 0 saturated carbocycles. The zero-order valence-electron chi connectivity index (χ0n) is 29.9. The standard InChI is InChI=1S/C48H34N4O.Pd/c1-48(2,3)33-23-25-39-40-21-13-27-49-46(40)51(43(39)28-33)34-18-12-19-35(29-34)53-36-24-26-37-38-20-10-11-22-42(38)52-45(32-16-8-5-9-17-32)44(31-14-6-4-7-15-31)50-47(52)41(37)30-36;/h4-28H,1-3H3;/q-2;+2. The second kappa shape index (κ2) is 13.1. The molecule has 262 valence electrons. The van der Waals surface area contributed by atoms with Crippen molar-refractivity contribution in [3.05, 3.63) is 169 Å². The fourth-order valence-electron chi connectivity index (χ4n) is 7.61. The molecule has 0 saturated heterocycles. The van der Waals surface area contributed by atoms with Gasteiger partial charge >= 0.3 is 20.4 Å². The fraction of sp³-hybridized carbons (Fsp3) is 0.0833. The molecular weight excluding hydrogens is 755 g/mol. The van der Waals surface area contributed by atoms with Crippen LogP contribution in [0.5, 0.6) is 11.5 Å². The number of pyridine rings is 2. The van der Waals surface area contributed by atoms with Crippen molar-refractivity contribution in [3.8, 4) is 39.7 Å². The van der Waals surface area contributed by atoms with Gasteiger partial charge in [-0.25, -0.2) is 4.98 Å². The molecule has 0 fully saturated rings. The maximum atomic E-state index is 6.61. The number of rotatable bonds is 5. The number of aromatic nitrogens is 4. The van der Waals surface area contributed by atoms with E-state index in [0.717, 1.165) is 77.5 Å². The van der Waals surface area contributed by atoms with Crippen molar-refractivity contribution in [2.45, 2.75) is 26.2 Å². The van der Waals surface area contributed by atoms with Gasteiger partial charge < -0.3 is 13.7 Å². The summed E-state index contributed by atoms with van der Waals surface area (Å²) >= 11 is 0. The maximum absolute atomic E-state index is 6.61. The van der Waals surface area contributed by atoms with Gasteiger partial charge in [-0.15, -0.1) is 30.3 Å². The monoisotopic (exact) mass is 788 g/mol. The molecule has 0 aliphatic carbocycles. The van der Waals surface area contributed by atoms with E-state index in [0.29, 0.717) is 11.5 Å². The van der Waals surface area contributed by atoms with Crippen molar-refractivity contribution in [3.63, 3.8) is 0 Å². The Bertz CT molecular complexity index is 3010. The minimum atomic E-state index is -0.00118. The molecule has 10 aromatic rings. The Labute approximate surface area is 327 Å². The van der Waals surface area contributed by atoms with Crippen molar-refractivity contribution in [2.75, 3.05) is 0 Å². The molecule has 0 unspecified atom stereocenters. The minimum absolute atomic E-state index is 0. The van der Waals surface area contributed by atoms with E-state index in [9.17, 15) is 0 Å². The molecule has 10 rings (SSSR count). The number of para-hydroxylation sites is 1. The van der Waals surface area contributed by atoms with E-state index in [4.69, 9.17) is 14.7 Å². The van der Waals surface area contributed by atoms with Crippen LogP contribution in [0.15, 0.2) is 152 Å². The Morgan fingerprint density at radius 3 is 2.06 bits per heavy atom. The zero-order chi connectivity index (χ0) is 35.7. The summed E-state index contributed by atoms with van der Waals surface area (Å²) in [7, 11) is 0. The van der Waals surface area contributed by atoms with Crippen LogP contribution in [-0.2, 0) is 25.8 Å². The number of ether oxygens (including phenoxy) is 1.